The second-order valence-electron chi connectivity index (χ2n) is 5.04. The molecule has 2 N–H and O–H groups in total. The zero-order chi connectivity index (χ0) is 16.1. The van der Waals surface area contributed by atoms with E-state index in [-0.39, 0.29) is 24.0 Å². The third kappa shape index (κ3) is 2.90. The van der Waals surface area contributed by atoms with E-state index in [2.05, 4.69) is 0 Å². The lowest BCUT2D eigenvalue weighted by molar-refractivity contribution is -0.160. The van der Waals surface area contributed by atoms with E-state index in [4.69, 9.17) is 5.11 Å². The van der Waals surface area contributed by atoms with Crippen molar-refractivity contribution >= 4 is 10.0 Å². The van der Waals surface area contributed by atoms with Gasteiger partial charge < -0.3 is 5.11 Å². The van der Waals surface area contributed by atoms with Crippen LogP contribution in [0.25, 0.3) is 0 Å². The van der Waals surface area contributed by atoms with Gasteiger partial charge in [-0.05, 0) is 37.5 Å². The third-order valence-corrected chi connectivity index (χ3v) is 5.11. The number of rotatable bonds is 4. The van der Waals surface area contributed by atoms with Crippen LogP contribution in [0.5, 0.6) is 0 Å². The quantitative estimate of drug-likeness (QED) is 0.831. The molecule has 2 rings (SSSR count). The molecule has 0 amide bonds. The highest BCUT2D eigenvalue weighted by molar-refractivity contribution is 7.89. The van der Waals surface area contributed by atoms with Crippen molar-refractivity contribution < 1.29 is 31.1 Å². The van der Waals surface area contributed by atoms with Gasteiger partial charge in [0.1, 0.15) is 11.4 Å². The zero-order valence-electron chi connectivity index (χ0n) is 11.0. The zero-order valence-corrected chi connectivity index (χ0v) is 11.8. The van der Waals surface area contributed by atoms with Gasteiger partial charge in [0.05, 0.1) is 11.5 Å². The van der Waals surface area contributed by atoms with E-state index in [1.165, 1.54) is 0 Å². The summed E-state index contributed by atoms with van der Waals surface area (Å²) in [6.07, 6.45) is -5.41. The summed E-state index contributed by atoms with van der Waals surface area (Å²) in [6, 6.07) is 1.90. The summed E-state index contributed by atoms with van der Waals surface area (Å²) in [6.45, 7) is 0.530. The van der Waals surface area contributed by atoms with Crippen LogP contribution in [0.1, 0.15) is 24.0 Å². The molecule has 1 aromatic rings. The Labute approximate surface area is 118 Å². The molecule has 1 saturated carbocycles. The van der Waals surface area contributed by atoms with Gasteiger partial charge in [-0.15, -0.1) is 0 Å². The van der Waals surface area contributed by atoms with Crippen molar-refractivity contribution in [1.82, 2.24) is 4.72 Å². The number of nitrogens with one attached hydrogen (secondary N) is 1. The molecule has 1 aliphatic rings. The first-order chi connectivity index (χ1) is 9.52. The predicted molar refractivity (Wildman–Crippen MR) is 65.4 cm³/mol. The van der Waals surface area contributed by atoms with Gasteiger partial charge >= 0.3 is 6.18 Å². The Kier molecular flexibility index (Phi) is 3.79. The molecular weight excluding hydrogens is 314 g/mol. The van der Waals surface area contributed by atoms with Crippen molar-refractivity contribution in [2.24, 2.45) is 0 Å². The van der Waals surface area contributed by atoms with Crippen molar-refractivity contribution in [3.63, 3.8) is 0 Å². The van der Waals surface area contributed by atoms with Crippen molar-refractivity contribution in [3.05, 3.63) is 29.1 Å². The largest absolute Gasteiger partial charge is 0.407 e. The number of hydrogen-bond acceptors (Lipinski definition) is 3. The van der Waals surface area contributed by atoms with Gasteiger partial charge in [0.25, 0.3) is 0 Å². The van der Waals surface area contributed by atoms with Crippen molar-refractivity contribution in [1.29, 1.82) is 0 Å². The number of hydrogen-bond donors (Lipinski definition) is 2. The molecule has 0 heterocycles. The second-order valence-corrected chi connectivity index (χ2v) is 6.70. The molecule has 1 fully saturated rings. The molecular formula is C12H13F4NO3S. The maximum Gasteiger partial charge on any atom is 0.407 e. The molecule has 21 heavy (non-hydrogen) atoms. The smallest absolute Gasteiger partial charge is 0.392 e. The molecule has 0 spiro atoms. The molecule has 0 atom stereocenters. The van der Waals surface area contributed by atoms with Crippen molar-refractivity contribution in [2.75, 3.05) is 0 Å². The summed E-state index contributed by atoms with van der Waals surface area (Å²) in [4.78, 5) is -0.595. The van der Waals surface area contributed by atoms with Gasteiger partial charge in [0.15, 0.2) is 0 Å². The maximum atomic E-state index is 13.6. The van der Waals surface area contributed by atoms with Gasteiger partial charge in [-0.3, -0.25) is 0 Å². The lowest BCUT2D eigenvalue weighted by Crippen LogP contribution is -2.47. The van der Waals surface area contributed by atoms with Crippen LogP contribution >= 0.6 is 0 Å². The lowest BCUT2D eigenvalue weighted by Gasteiger charge is -2.21. The Morgan fingerprint density at radius 3 is 2.33 bits per heavy atom. The average molecular weight is 327 g/mol. The summed E-state index contributed by atoms with van der Waals surface area (Å²) < 4.78 is 77.9. The highest BCUT2D eigenvalue weighted by Crippen LogP contribution is 2.49. The molecule has 118 valence electrons. The third-order valence-electron chi connectivity index (χ3n) is 3.45. The Hall–Kier alpha value is -1.19. The van der Waals surface area contributed by atoms with E-state index < -0.39 is 39.1 Å². The second kappa shape index (κ2) is 4.92. The fourth-order valence-electron chi connectivity index (χ4n) is 1.96. The van der Waals surface area contributed by atoms with Crippen LogP contribution in [-0.2, 0) is 16.6 Å². The van der Waals surface area contributed by atoms with Crippen LogP contribution in [0.15, 0.2) is 17.0 Å². The molecule has 0 saturated heterocycles. The number of benzene rings is 1. The molecule has 0 unspecified atom stereocenters. The highest BCUT2D eigenvalue weighted by Gasteiger charge is 2.65. The number of aliphatic hydroxyl groups is 1. The molecule has 4 nitrogen and oxygen atoms in total. The lowest BCUT2D eigenvalue weighted by atomic mass is 10.1. The number of sulfonamides is 1. The van der Waals surface area contributed by atoms with E-state index in [1.807, 2.05) is 0 Å². The minimum absolute atomic E-state index is 0.0321. The van der Waals surface area contributed by atoms with Crippen LogP contribution in [0.3, 0.4) is 0 Å². The molecule has 1 aliphatic carbocycles. The first-order valence-electron chi connectivity index (χ1n) is 6.03. The van der Waals surface area contributed by atoms with E-state index in [0.29, 0.717) is 0 Å². The first-order valence-corrected chi connectivity index (χ1v) is 7.51. The summed E-state index contributed by atoms with van der Waals surface area (Å²) in [5, 5.41) is 8.96. The normalized spacial score (nSPS) is 17.8. The molecule has 0 aromatic heterocycles. The average Bonchev–Trinajstić information content (AvgIpc) is 3.11. The molecule has 0 radical (unpaired) electrons. The minimum atomic E-state index is -4.71. The summed E-state index contributed by atoms with van der Waals surface area (Å²) in [5.41, 5.74) is -2.79. The van der Waals surface area contributed by atoms with E-state index in [0.717, 1.165) is 19.1 Å². The van der Waals surface area contributed by atoms with Crippen LogP contribution in [0.2, 0.25) is 0 Å². The number of aliphatic hydroxyl groups excluding tert-OH is 1. The number of halogens is 4. The van der Waals surface area contributed by atoms with Crippen molar-refractivity contribution in [2.45, 2.75) is 43.0 Å². The predicted octanol–water partition coefficient (Wildman–Crippen LogP) is 2.00. The van der Waals surface area contributed by atoms with Gasteiger partial charge in [-0.25, -0.2) is 12.8 Å². The molecule has 0 bridgehead atoms. The van der Waals surface area contributed by atoms with Crippen LogP contribution in [-0.4, -0.2) is 25.2 Å². The van der Waals surface area contributed by atoms with Gasteiger partial charge in [0.2, 0.25) is 10.0 Å². The summed E-state index contributed by atoms with van der Waals surface area (Å²) in [7, 11) is -4.55. The Morgan fingerprint density at radius 2 is 1.90 bits per heavy atom. The molecule has 1 aromatic carbocycles. The van der Waals surface area contributed by atoms with Gasteiger partial charge in [0, 0.05) is 5.56 Å². The molecule has 0 aliphatic heterocycles. The standard InChI is InChI=1S/C12H13F4NO3S/c1-7-9(13)4-8(6-18)5-10(7)21(19,20)17-11(2-3-11)12(14,15)16/h4-5,17-18H,2-3,6H2,1H3. The first kappa shape index (κ1) is 16.2. The molecule has 9 heteroatoms. The monoisotopic (exact) mass is 327 g/mol. The van der Waals surface area contributed by atoms with Crippen LogP contribution in [0, 0.1) is 12.7 Å². The van der Waals surface area contributed by atoms with Gasteiger partial charge in [-0.1, -0.05) is 0 Å². The van der Waals surface area contributed by atoms with Crippen LogP contribution in [0.4, 0.5) is 17.6 Å². The van der Waals surface area contributed by atoms with E-state index in [9.17, 15) is 26.0 Å². The topological polar surface area (TPSA) is 66.4 Å². The fraction of sp³-hybridized carbons (Fsp3) is 0.500. The summed E-state index contributed by atoms with van der Waals surface area (Å²) in [5.74, 6) is -0.904. The Balaban J connectivity index is 2.44. The SMILES string of the molecule is Cc1c(F)cc(CO)cc1S(=O)(=O)NC1(C(F)(F)F)CC1. The van der Waals surface area contributed by atoms with Crippen molar-refractivity contribution in [3.8, 4) is 0 Å². The maximum absolute atomic E-state index is 13.6. The van der Waals surface area contributed by atoms with Gasteiger partial charge in [-0.2, -0.15) is 17.9 Å². The van der Waals surface area contributed by atoms with E-state index in [1.54, 1.807) is 4.72 Å². The Bertz CT molecular complexity index is 666. The summed E-state index contributed by atoms with van der Waals surface area (Å²) >= 11 is 0. The minimum Gasteiger partial charge on any atom is -0.392 e. The highest BCUT2D eigenvalue weighted by atomic mass is 32.2. The Morgan fingerprint density at radius 1 is 1.33 bits per heavy atom. The van der Waals surface area contributed by atoms with E-state index >= 15 is 0 Å². The number of alkyl halides is 3. The van der Waals surface area contributed by atoms with Crippen LogP contribution < -0.4 is 4.72 Å². The fourth-order valence-corrected chi connectivity index (χ4v) is 3.71.